The van der Waals surface area contributed by atoms with E-state index in [4.69, 9.17) is 24.5 Å². The molecule has 0 bridgehead atoms. The zero-order valence-electron chi connectivity index (χ0n) is 26.1. The van der Waals surface area contributed by atoms with E-state index in [0.29, 0.717) is 54.7 Å². The monoisotopic (exact) mass is 643 g/mol. The lowest BCUT2D eigenvalue weighted by atomic mass is 10.0. The van der Waals surface area contributed by atoms with E-state index in [9.17, 15) is 18.0 Å². The van der Waals surface area contributed by atoms with Gasteiger partial charge in [0.15, 0.2) is 0 Å². The third-order valence-electron chi connectivity index (χ3n) is 7.98. The van der Waals surface area contributed by atoms with Gasteiger partial charge < -0.3 is 14.4 Å². The van der Waals surface area contributed by atoms with Crippen LogP contribution in [0.25, 0.3) is 5.65 Å². The van der Waals surface area contributed by atoms with Gasteiger partial charge in [-0.3, -0.25) is 4.79 Å². The third kappa shape index (κ3) is 7.02. The fraction of sp³-hybridized carbons (Fsp3) is 0.286. The molecule has 0 radical (unpaired) electrons. The van der Waals surface area contributed by atoms with E-state index < -0.39 is 17.7 Å². The second kappa shape index (κ2) is 13.7. The normalized spacial score (nSPS) is 13.5. The molecule has 3 aromatic carbocycles. The summed E-state index contributed by atoms with van der Waals surface area (Å²) in [6.07, 6.45) is -4.73. The smallest absolute Gasteiger partial charge is 0.416 e. The summed E-state index contributed by atoms with van der Waals surface area (Å²) in [7, 11) is 0. The topological polar surface area (TPSA) is 85.2 Å². The van der Waals surface area contributed by atoms with Crippen LogP contribution in [0.5, 0.6) is 0 Å². The van der Waals surface area contributed by atoms with Crippen molar-refractivity contribution in [1.29, 1.82) is 0 Å². The van der Waals surface area contributed by atoms with Crippen molar-refractivity contribution in [2.24, 2.45) is 4.99 Å². The van der Waals surface area contributed by atoms with Crippen molar-refractivity contribution < 1.29 is 32.1 Å². The van der Waals surface area contributed by atoms with Crippen LogP contribution in [0.2, 0.25) is 0 Å². The van der Waals surface area contributed by atoms with Crippen molar-refractivity contribution in [3.63, 3.8) is 0 Å². The Kier molecular flexibility index (Phi) is 9.30. The predicted octanol–water partition coefficient (Wildman–Crippen LogP) is 5.50. The van der Waals surface area contributed by atoms with Crippen molar-refractivity contribution in [2.75, 3.05) is 37.8 Å². The number of alkyl halides is 3. The number of carbonyl (C=O) groups excluding carboxylic acids is 1. The molecule has 12 heteroatoms. The van der Waals surface area contributed by atoms with Crippen molar-refractivity contribution in [3.05, 3.63) is 119 Å². The number of aliphatic imine (C=N–C) groups is 1. The number of benzene rings is 3. The van der Waals surface area contributed by atoms with Crippen molar-refractivity contribution >= 4 is 28.8 Å². The maximum atomic E-state index is 13.9. The highest BCUT2D eigenvalue weighted by atomic mass is 19.4. The SMILES string of the molecule is CCOC(=O)Cc1nc2c(N=C(c3ccccc3)c3ccccc3)cc(N3CCOCC3)nn2[n+]1Cc1cccc(C(F)(F)F)c1C. The van der Waals surface area contributed by atoms with Crippen LogP contribution in [-0.4, -0.2) is 59.3 Å². The molecule has 47 heavy (non-hydrogen) atoms. The van der Waals surface area contributed by atoms with Gasteiger partial charge in [-0.1, -0.05) is 77.8 Å². The number of morpholine rings is 1. The van der Waals surface area contributed by atoms with Crippen LogP contribution >= 0.6 is 0 Å². The molecule has 0 saturated carbocycles. The summed E-state index contributed by atoms with van der Waals surface area (Å²) in [6, 6.07) is 25.5. The van der Waals surface area contributed by atoms with Gasteiger partial charge in [0, 0.05) is 35.4 Å². The molecular formula is C35H34F3N6O3+. The lowest BCUT2D eigenvalue weighted by Crippen LogP contribution is -2.46. The van der Waals surface area contributed by atoms with Gasteiger partial charge in [-0.25, -0.2) is 4.99 Å². The van der Waals surface area contributed by atoms with Gasteiger partial charge in [-0.15, -0.1) is 0 Å². The molecule has 3 heterocycles. The van der Waals surface area contributed by atoms with Crippen molar-refractivity contribution in [3.8, 4) is 0 Å². The maximum Gasteiger partial charge on any atom is 0.416 e. The molecule has 0 atom stereocenters. The maximum absolute atomic E-state index is 13.9. The molecule has 1 aliphatic heterocycles. The minimum absolute atomic E-state index is 0.0292. The lowest BCUT2D eigenvalue weighted by Gasteiger charge is -2.25. The fourth-order valence-electron chi connectivity index (χ4n) is 5.61. The Hall–Kier alpha value is -5.10. The zero-order chi connectivity index (χ0) is 33.0. The van der Waals surface area contributed by atoms with E-state index in [1.807, 2.05) is 66.7 Å². The lowest BCUT2D eigenvalue weighted by molar-refractivity contribution is -0.765. The number of fused-ring (bicyclic) bond motifs is 1. The molecule has 2 aromatic heterocycles. The van der Waals surface area contributed by atoms with Crippen LogP contribution in [0.15, 0.2) is 89.9 Å². The molecule has 1 saturated heterocycles. The second-order valence-corrected chi connectivity index (χ2v) is 11.0. The van der Waals surface area contributed by atoms with Crippen LogP contribution in [0, 0.1) is 6.92 Å². The summed E-state index contributed by atoms with van der Waals surface area (Å²) in [5.74, 6) is 0.358. The molecule has 1 aliphatic rings. The number of nitrogens with zero attached hydrogens (tertiary/aromatic N) is 6. The van der Waals surface area contributed by atoms with Crippen LogP contribution in [0.1, 0.15) is 40.6 Å². The largest absolute Gasteiger partial charge is 0.466 e. The van der Waals surface area contributed by atoms with Gasteiger partial charge >= 0.3 is 17.8 Å². The van der Waals surface area contributed by atoms with Crippen LogP contribution in [0.3, 0.4) is 0 Å². The van der Waals surface area contributed by atoms with Gasteiger partial charge in [-0.05, 0) is 35.7 Å². The molecule has 0 N–H and O–H groups in total. The summed E-state index contributed by atoms with van der Waals surface area (Å²) >= 11 is 0. The van der Waals surface area contributed by atoms with E-state index in [1.54, 1.807) is 22.3 Å². The van der Waals surface area contributed by atoms with E-state index >= 15 is 0 Å². The molecule has 9 nitrogen and oxygen atoms in total. The summed E-state index contributed by atoms with van der Waals surface area (Å²) < 4.78 is 55.6. The molecule has 6 rings (SSSR count). The summed E-state index contributed by atoms with van der Waals surface area (Å²) in [5, 5.41) is 4.93. The Morgan fingerprint density at radius 3 is 2.26 bits per heavy atom. The molecular weight excluding hydrogens is 609 g/mol. The summed E-state index contributed by atoms with van der Waals surface area (Å²) in [5.41, 5.74) is 3.06. The molecule has 5 aromatic rings. The highest BCUT2D eigenvalue weighted by Crippen LogP contribution is 2.33. The predicted molar refractivity (Wildman–Crippen MR) is 170 cm³/mol. The minimum Gasteiger partial charge on any atom is -0.466 e. The van der Waals surface area contributed by atoms with Crippen LogP contribution in [-0.2, 0) is 33.4 Å². The number of hydrogen-bond acceptors (Lipinski definition) is 7. The summed E-state index contributed by atoms with van der Waals surface area (Å²) in [4.78, 5) is 24.9. The second-order valence-electron chi connectivity index (χ2n) is 11.0. The first-order valence-electron chi connectivity index (χ1n) is 15.4. The van der Waals surface area contributed by atoms with Gasteiger partial charge in [0.25, 0.3) is 5.82 Å². The Bertz CT molecular complexity index is 1860. The molecule has 242 valence electrons. The number of hydrogen-bond donors (Lipinski definition) is 0. The van der Waals surface area contributed by atoms with E-state index in [1.165, 1.54) is 13.0 Å². The Morgan fingerprint density at radius 1 is 0.979 bits per heavy atom. The van der Waals surface area contributed by atoms with Crippen LogP contribution < -0.4 is 9.58 Å². The van der Waals surface area contributed by atoms with Gasteiger partial charge in [0.05, 0.1) is 31.1 Å². The number of carbonyl (C=O) groups is 1. The van der Waals surface area contributed by atoms with E-state index in [-0.39, 0.29) is 31.0 Å². The Labute approximate surface area is 269 Å². The van der Waals surface area contributed by atoms with Gasteiger partial charge in [-0.2, -0.15) is 17.9 Å². The minimum atomic E-state index is -4.52. The Morgan fingerprint density at radius 2 is 1.64 bits per heavy atom. The Balaban J connectivity index is 1.60. The first-order valence-corrected chi connectivity index (χ1v) is 15.4. The van der Waals surface area contributed by atoms with Crippen molar-refractivity contribution in [2.45, 2.75) is 33.0 Å². The average molecular weight is 644 g/mol. The third-order valence-corrected chi connectivity index (χ3v) is 7.98. The highest BCUT2D eigenvalue weighted by molar-refractivity contribution is 6.14. The van der Waals surface area contributed by atoms with Gasteiger partial charge in [0.1, 0.15) is 18.7 Å². The van der Waals surface area contributed by atoms with Gasteiger partial charge in [0.2, 0.25) is 5.82 Å². The molecule has 0 amide bonds. The number of esters is 1. The standard InChI is InChI=1S/C35H34F3N6O3/c1-3-47-32(45)22-30-40-34-29(39-33(25-11-6-4-7-12-25)26-13-8-5-9-14-26)21-31(42-17-19-46-20-18-42)41-44(34)43(30)23-27-15-10-16-28(24(27)2)35(36,37)38/h4-16,21H,3,17-20,22-23H2,1-2H3/q+1. The first kappa shape index (κ1) is 31.9. The van der Waals surface area contributed by atoms with Crippen molar-refractivity contribution in [1.82, 2.24) is 14.7 Å². The fourth-order valence-corrected chi connectivity index (χ4v) is 5.61. The average Bonchev–Trinajstić information content (AvgIpc) is 3.41. The number of aromatic nitrogens is 4. The molecule has 1 fully saturated rings. The summed E-state index contributed by atoms with van der Waals surface area (Å²) in [6.45, 7) is 5.49. The number of rotatable bonds is 9. The first-order chi connectivity index (χ1) is 22.7. The highest BCUT2D eigenvalue weighted by Gasteiger charge is 2.34. The van der Waals surface area contributed by atoms with E-state index in [2.05, 4.69) is 4.90 Å². The number of ether oxygens (including phenoxy) is 2. The molecule has 0 unspecified atom stereocenters. The van der Waals surface area contributed by atoms with E-state index in [0.717, 1.165) is 17.2 Å². The quantitative estimate of drug-likeness (QED) is 0.120. The molecule has 0 spiro atoms. The number of anilines is 1. The number of halogens is 3. The van der Waals surface area contributed by atoms with Crippen LogP contribution in [0.4, 0.5) is 24.7 Å². The molecule has 0 aliphatic carbocycles. The zero-order valence-corrected chi connectivity index (χ0v) is 26.1.